The second-order valence-corrected chi connectivity index (χ2v) is 19.1. The highest BCUT2D eigenvalue weighted by Crippen LogP contribution is 2.70. The van der Waals surface area contributed by atoms with Crippen molar-refractivity contribution in [2.75, 3.05) is 26.9 Å². The van der Waals surface area contributed by atoms with Gasteiger partial charge in [-0.25, -0.2) is 4.79 Å². The van der Waals surface area contributed by atoms with Gasteiger partial charge in [-0.1, -0.05) is 13.8 Å². The molecule has 17 nitrogen and oxygen atoms in total. The van der Waals surface area contributed by atoms with Crippen LogP contribution in [0.25, 0.3) is 0 Å². The van der Waals surface area contributed by atoms with Crippen LogP contribution in [-0.2, 0) is 47.5 Å². The molecule has 4 aliphatic heterocycles. The fourth-order valence-corrected chi connectivity index (χ4v) is 12.7. The standard InChI is InChI=1S/C42H64O17/c1-19-36(59-38-35(50)33(48)31(46)26(58-38)18-54-37-34(49)32(47)30(45)25(16-43)57-37)24(52-4)15-29(55-19)56-22-6-9-40(2)21(14-22)5-11-42-12-7-23(20-13-28(44)53-17-20)41(3,39(42)51)10-8-27(40)42/h13,19,21-27,29-38,43,45-50H,5-12,14-18H2,1-4H3/t19-,21?,22+,23-,24-,25-,26-,27?,29-,30-,31-,32+,33+,34-,35-,36+,37+,38+,40+,41-,42-/m1/s1. The molecule has 4 heterocycles. The third-order valence-electron chi connectivity index (χ3n) is 16.1. The van der Waals surface area contributed by atoms with Crippen molar-refractivity contribution in [2.45, 2.75) is 177 Å². The van der Waals surface area contributed by atoms with Crippen LogP contribution in [0.1, 0.15) is 85.0 Å². The molecule has 7 fully saturated rings. The summed E-state index contributed by atoms with van der Waals surface area (Å²) in [5.74, 6) is 0.866. The molecule has 0 amide bonds. The quantitative estimate of drug-likeness (QED) is 0.113. The molecule has 21 atom stereocenters. The first-order valence-electron chi connectivity index (χ1n) is 21.6. The lowest BCUT2D eigenvalue weighted by Gasteiger charge is -2.66. The van der Waals surface area contributed by atoms with E-state index < -0.39 is 105 Å². The van der Waals surface area contributed by atoms with Gasteiger partial charge < -0.3 is 73.6 Å². The Hall–Kier alpha value is -1.68. The third-order valence-corrected chi connectivity index (χ3v) is 16.1. The minimum atomic E-state index is -1.71. The van der Waals surface area contributed by atoms with Crippen molar-refractivity contribution < 1.29 is 83.2 Å². The molecule has 0 aromatic rings. The maximum Gasteiger partial charge on any atom is 0.331 e. The summed E-state index contributed by atoms with van der Waals surface area (Å²) in [7, 11) is 1.54. The molecule has 3 saturated heterocycles. The van der Waals surface area contributed by atoms with Crippen molar-refractivity contribution in [2.24, 2.45) is 34.0 Å². The minimum absolute atomic E-state index is 0.0130. The number of carbonyl (C=O) groups is 2. The van der Waals surface area contributed by atoms with Gasteiger partial charge in [-0.05, 0) is 93.5 Å². The van der Waals surface area contributed by atoms with Crippen LogP contribution in [0.2, 0.25) is 0 Å². The average Bonchev–Trinajstić information content (AvgIpc) is 3.64. The second kappa shape index (κ2) is 16.8. The van der Waals surface area contributed by atoms with E-state index in [-0.39, 0.29) is 28.8 Å². The number of ketones is 1. The van der Waals surface area contributed by atoms with E-state index in [9.17, 15) is 45.3 Å². The van der Waals surface area contributed by atoms with Crippen molar-refractivity contribution in [3.8, 4) is 0 Å². The molecular formula is C42H64O17. The number of rotatable bonds is 10. The lowest BCUT2D eigenvalue weighted by molar-refractivity contribution is -0.355. The monoisotopic (exact) mass is 840 g/mol. The fourth-order valence-electron chi connectivity index (χ4n) is 12.7. The van der Waals surface area contributed by atoms with Gasteiger partial charge in [0.25, 0.3) is 0 Å². The Labute approximate surface area is 344 Å². The number of hydrogen-bond acceptors (Lipinski definition) is 17. The molecule has 0 aromatic heterocycles. The van der Waals surface area contributed by atoms with Crippen LogP contribution in [0.5, 0.6) is 0 Å². The molecule has 0 radical (unpaired) electrons. The van der Waals surface area contributed by atoms with Crippen molar-refractivity contribution in [3.63, 3.8) is 0 Å². The van der Waals surface area contributed by atoms with Crippen LogP contribution in [0.15, 0.2) is 11.6 Å². The summed E-state index contributed by atoms with van der Waals surface area (Å²) in [5, 5.41) is 72.4. The molecular weight excluding hydrogens is 776 g/mol. The Morgan fingerprint density at radius 1 is 0.780 bits per heavy atom. The number of ether oxygens (including phenoxy) is 8. The highest BCUT2D eigenvalue weighted by molar-refractivity contribution is 5.93. The van der Waals surface area contributed by atoms with Crippen molar-refractivity contribution in [1.82, 2.24) is 0 Å². The predicted octanol–water partition coefficient (Wildman–Crippen LogP) is -0.00400. The van der Waals surface area contributed by atoms with Gasteiger partial charge in [-0.15, -0.1) is 0 Å². The summed E-state index contributed by atoms with van der Waals surface area (Å²) >= 11 is 0. The van der Waals surface area contributed by atoms with Crippen LogP contribution in [-0.4, -0.2) is 167 Å². The van der Waals surface area contributed by atoms with Gasteiger partial charge in [-0.3, -0.25) is 4.79 Å². The number of aliphatic hydroxyl groups excluding tert-OH is 7. The zero-order valence-corrected chi connectivity index (χ0v) is 34.4. The Kier molecular flexibility index (Phi) is 12.5. The maximum absolute atomic E-state index is 14.6. The molecule has 2 bridgehead atoms. The number of Topliss-reactive ketones (excluding diaryl/α,β-unsaturated/α-hetero) is 1. The van der Waals surface area contributed by atoms with E-state index in [1.807, 2.05) is 0 Å². The van der Waals surface area contributed by atoms with E-state index in [0.717, 1.165) is 63.4 Å². The number of methoxy groups -OCH3 is 1. The Morgan fingerprint density at radius 3 is 2.17 bits per heavy atom. The number of carbonyl (C=O) groups excluding carboxylic acids is 2. The van der Waals surface area contributed by atoms with Crippen LogP contribution < -0.4 is 0 Å². The Bertz CT molecular complexity index is 1580. The van der Waals surface area contributed by atoms with Crippen molar-refractivity contribution in [3.05, 3.63) is 11.6 Å². The number of aliphatic hydroxyl groups is 7. The Balaban J connectivity index is 0.863. The zero-order chi connectivity index (χ0) is 42.2. The normalized spacial score (nSPS) is 52.6. The van der Waals surface area contributed by atoms with E-state index >= 15 is 0 Å². The number of esters is 1. The summed E-state index contributed by atoms with van der Waals surface area (Å²) in [6.07, 6.45) is -7.97. The molecule has 8 rings (SSSR count). The first kappa shape index (κ1) is 43.9. The van der Waals surface area contributed by atoms with Gasteiger partial charge in [0.15, 0.2) is 18.9 Å². The van der Waals surface area contributed by atoms with E-state index in [2.05, 4.69) is 13.8 Å². The molecule has 0 aromatic carbocycles. The van der Waals surface area contributed by atoms with Crippen LogP contribution in [0.3, 0.4) is 0 Å². The average molecular weight is 841 g/mol. The topological polar surface area (TPSA) is 250 Å². The molecule has 334 valence electrons. The fraction of sp³-hybridized carbons (Fsp3) is 0.905. The molecule has 17 heteroatoms. The first-order chi connectivity index (χ1) is 28.0. The zero-order valence-electron chi connectivity index (χ0n) is 34.4. The highest BCUT2D eigenvalue weighted by Gasteiger charge is 2.68. The smallest absolute Gasteiger partial charge is 0.331 e. The molecule has 4 saturated carbocycles. The number of hydrogen-bond donors (Lipinski definition) is 7. The summed E-state index contributed by atoms with van der Waals surface area (Å²) in [4.78, 5) is 26.6. The van der Waals surface area contributed by atoms with Crippen LogP contribution >= 0.6 is 0 Å². The van der Waals surface area contributed by atoms with Gasteiger partial charge in [0, 0.05) is 30.4 Å². The van der Waals surface area contributed by atoms with Gasteiger partial charge >= 0.3 is 5.97 Å². The molecule has 8 aliphatic rings. The van der Waals surface area contributed by atoms with Crippen LogP contribution in [0.4, 0.5) is 0 Å². The summed E-state index contributed by atoms with van der Waals surface area (Å²) < 4.78 is 47.2. The van der Waals surface area contributed by atoms with Crippen molar-refractivity contribution >= 4 is 11.8 Å². The summed E-state index contributed by atoms with van der Waals surface area (Å²) in [6, 6.07) is 0. The SMILES string of the molecule is CO[C@@H]1C[C@@H](O[C@H]2CC[C@@]3(C)C(CC[C@@]45CC[C@H](C6=CC(=O)OC6)[C@@](C)(CCC43)C5=O)C2)O[C@H](C)[C@@H]1O[C@@H]1O[C@H](CO[C@H]2O[C@H](CO)[C@@H](O)[C@H](O)[C@H]2O)[C@@H](O)[C@H](O)[C@H]1O. The van der Waals surface area contributed by atoms with Gasteiger partial charge in [0.05, 0.1) is 31.5 Å². The lowest BCUT2D eigenvalue weighted by atomic mass is 9.37. The van der Waals surface area contributed by atoms with E-state index in [1.165, 1.54) is 7.11 Å². The van der Waals surface area contributed by atoms with E-state index in [1.54, 1.807) is 13.0 Å². The molecule has 7 N–H and O–H groups in total. The largest absolute Gasteiger partial charge is 0.458 e. The molecule has 2 unspecified atom stereocenters. The first-order valence-corrected chi connectivity index (χ1v) is 21.6. The Morgan fingerprint density at radius 2 is 1.47 bits per heavy atom. The number of fused-ring (bicyclic) bond motifs is 3. The van der Waals surface area contributed by atoms with Gasteiger partial charge in [0.2, 0.25) is 0 Å². The number of cyclic esters (lactones) is 1. The summed E-state index contributed by atoms with van der Waals surface area (Å²) in [5.41, 5.74) is 0.201. The second-order valence-electron chi connectivity index (χ2n) is 19.1. The lowest BCUT2D eigenvalue weighted by Crippen LogP contribution is -2.64. The van der Waals surface area contributed by atoms with Gasteiger partial charge in [-0.2, -0.15) is 0 Å². The van der Waals surface area contributed by atoms with E-state index in [0.29, 0.717) is 30.6 Å². The third kappa shape index (κ3) is 7.55. The highest BCUT2D eigenvalue weighted by atomic mass is 16.8. The van der Waals surface area contributed by atoms with Gasteiger partial charge in [0.1, 0.15) is 67.3 Å². The minimum Gasteiger partial charge on any atom is -0.458 e. The molecule has 4 aliphatic carbocycles. The van der Waals surface area contributed by atoms with Crippen LogP contribution in [0, 0.1) is 34.0 Å². The maximum atomic E-state index is 14.6. The molecule has 59 heavy (non-hydrogen) atoms. The predicted molar refractivity (Wildman–Crippen MR) is 201 cm³/mol. The molecule has 1 spiro atoms. The van der Waals surface area contributed by atoms with Crippen molar-refractivity contribution in [1.29, 1.82) is 0 Å². The summed E-state index contributed by atoms with van der Waals surface area (Å²) in [6.45, 7) is 5.49. The van der Waals surface area contributed by atoms with E-state index in [4.69, 9.17) is 37.9 Å².